The van der Waals surface area contributed by atoms with Gasteiger partial charge < -0.3 is 9.84 Å². The molecule has 3 aliphatic rings. The fourth-order valence-electron chi connectivity index (χ4n) is 5.96. The van der Waals surface area contributed by atoms with Crippen molar-refractivity contribution in [1.82, 2.24) is 0 Å². The van der Waals surface area contributed by atoms with Gasteiger partial charge in [-0.3, -0.25) is 14.9 Å². The van der Waals surface area contributed by atoms with Crippen LogP contribution in [0.1, 0.15) is 62.5 Å². The van der Waals surface area contributed by atoms with Gasteiger partial charge in [0.1, 0.15) is 5.78 Å². The summed E-state index contributed by atoms with van der Waals surface area (Å²) in [6, 6.07) is 3.73. The summed E-state index contributed by atoms with van der Waals surface area (Å²) in [5.74, 6) is 1.89. The first-order chi connectivity index (χ1) is 13.0. The number of hydrogen-bond donors (Lipinski definition) is 1. The number of nitro groups is 1. The van der Waals surface area contributed by atoms with Gasteiger partial charge in [-0.05, 0) is 61.5 Å². The van der Waals surface area contributed by atoms with Crippen molar-refractivity contribution in [2.75, 3.05) is 13.2 Å². The van der Waals surface area contributed by atoms with Crippen molar-refractivity contribution in [1.29, 1.82) is 0 Å². The fraction of sp³-hybridized carbons (Fsp3) is 0.667. The van der Waals surface area contributed by atoms with Crippen LogP contribution in [-0.2, 0) is 11.2 Å². The molecule has 0 amide bonds. The number of carbonyl (C=O) groups excluding carboxylic acids is 1. The summed E-state index contributed by atoms with van der Waals surface area (Å²) in [4.78, 5) is 23.9. The maximum atomic E-state index is 12.4. The summed E-state index contributed by atoms with van der Waals surface area (Å²) in [5, 5.41) is 20.7. The Morgan fingerprint density at radius 3 is 2.85 bits per heavy atom. The molecule has 3 aliphatic carbocycles. The molecule has 2 saturated carbocycles. The van der Waals surface area contributed by atoms with Gasteiger partial charge in [0.2, 0.25) is 0 Å². The molecule has 27 heavy (non-hydrogen) atoms. The van der Waals surface area contributed by atoms with Crippen molar-refractivity contribution < 1.29 is 19.6 Å². The van der Waals surface area contributed by atoms with Crippen LogP contribution in [0, 0.1) is 27.4 Å². The maximum absolute atomic E-state index is 12.4. The van der Waals surface area contributed by atoms with Crippen molar-refractivity contribution in [3.05, 3.63) is 33.4 Å². The summed E-state index contributed by atoms with van der Waals surface area (Å²) in [6.07, 6.45) is 5.51. The Kier molecular flexibility index (Phi) is 4.70. The number of Topliss-reactive ketones (excluding diaryl/α,β-unsaturated/α-hetero) is 1. The molecule has 0 heterocycles. The van der Waals surface area contributed by atoms with Crippen LogP contribution >= 0.6 is 0 Å². The third kappa shape index (κ3) is 2.85. The Hall–Kier alpha value is -1.95. The number of ketones is 1. The van der Waals surface area contributed by atoms with E-state index >= 15 is 0 Å². The van der Waals surface area contributed by atoms with Gasteiger partial charge in [-0.2, -0.15) is 0 Å². The molecule has 1 aromatic carbocycles. The monoisotopic (exact) mass is 373 g/mol. The van der Waals surface area contributed by atoms with E-state index in [2.05, 4.69) is 6.92 Å². The molecule has 0 unspecified atom stereocenters. The number of benzene rings is 1. The van der Waals surface area contributed by atoms with Crippen molar-refractivity contribution >= 4 is 11.5 Å². The van der Waals surface area contributed by atoms with E-state index < -0.39 is 0 Å². The molecule has 1 aromatic rings. The molecule has 6 nitrogen and oxygen atoms in total. The first kappa shape index (κ1) is 18.4. The highest BCUT2D eigenvalue weighted by Crippen LogP contribution is 2.60. The van der Waals surface area contributed by atoms with Gasteiger partial charge >= 0.3 is 5.69 Å². The van der Waals surface area contributed by atoms with Crippen LogP contribution in [0.5, 0.6) is 5.75 Å². The Morgan fingerprint density at radius 2 is 2.11 bits per heavy atom. The minimum absolute atomic E-state index is 0.00136. The number of ether oxygens (including phenoxy) is 1. The van der Waals surface area contributed by atoms with E-state index in [1.807, 2.05) is 6.07 Å². The van der Waals surface area contributed by atoms with Gasteiger partial charge in [0.25, 0.3) is 0 Å². The van der Waals surface area contributed by atoms with Crippen molar-refractivity contribution in [3.8, 4) is 5.75 Å². The van der Waals surface area contributed by atoms with Crippen LogP contribution < -0.4 is 4.74 Å². The lowest BCUT2D eigenvalue weighted by atomic mass is 9.55. The smallest absolute Gasteiger partial charge is 0.314 e. The molecule has 0 saturated heterocycles. The van der Waals surface area contributed by atoms with Crippen LogP contribution in [0.15, 0.2) is 12.1 Å². The highest BCUT2D eigenvalue weighted by molar-refractivity contribution is 5.87. The minimum atomic E-state index is -0.320. The van der Waals surface area contributed by atoms with Gasteiger partial charge in [-0.25, -0.2) is 0 Å². The first-order valence-electron chi connectivity index (χ1n) is 10.0. The second kappa shape index (κ2) is 6.89. The third-order valence-electron chi connectivity index (χ3n) is 7.30. The molecule has 0 aliphatic heterocycles. The third-order valence-corrected chi connectivity index (χ3v) is 7.30. The van der Waals surface area contributed by atoms with E-state index in [0.717, 1.165) is 36.8 Å². The molecule has 4 rings (SSSR count). The summed E-state index contributed by atoms with van der Waals surface area (Å²) in [5.41, 5.74) is 1.82. The number of rotatable bonds is 5. The predicted molar refractivity (Wildman–Crippen MR) is 99.9 cm³/mol. The van der Waals surface area contributed by atoms with Gasteiger partial charge in [0.05, 0.1) is 11.5 Å². The van der Waals surface area contributed by atoms with Crippen molar-refractivity contribution in [2.24, 2.45) is 17.3 Å². The largest absolute Gasteiger partial charge is 0.487 e. The molecule has 0 spiro atoms. The Morgan fingerprint density at radius 1 is 1.30 bits per heavy atom. The predicted octanol–water partition coefficient (Wildman–Crippen LogP) is 3.78. The normalized spacial score (nSPS) is 31.8. The van der Waals surface area contributed by atoms with E-state index in [1.54, 1.807) is 6.07 Å². The molecule has 6 heteroatoms. The second-order valence-corrected chi connectivity index (χ2v) is 8.50. The standard InChI is InChI=1S/C21H27NO5/c1-21-10-9-14-13-5-7-18(27-12-2-11-23)20(22(25)26)16(13)4-3-15(14)17(21)6-8-19(21)24/h5,7,14-15,17,23H,2-4,6,8-12H2,1H3/t14-,15+,17+,21+/m1/s1. The molecule has 0 radical (unpaired) electrons. The fourth-order valence-corrected chi connectivity index (χ4v) is 5.96. The molecule has 2 fully saturated rings. The zero-order valence-corrected chi connectivity index (χ0v) is 15.8. The lowest BCUT2D eigenvalue weighted by molar-refractivity contribution is -0.386. The summed E-state index contributed by atoms with van der Waals surface area (Å²) >= 11 is 0. The van der Waals surface area contributed by atoms with Crippen LogP contribution in [0.25, 0.3) is 0 Å². The quantitative estimate of drug-likeness (QED) is 0.482. The number of aliphatic hydroxyl groups is 1. The minimum Gasteiger partial charge on any atom is -0.487 e. The topological polar surface area (TPSA) is 89.7 Å². The summed E-state index contributed by atoms with van der Waals surface area (Å²) < 4.78 is 5.59. The Bertz CT molecular complexity index is 776. The second-order valence-electron chi connectivity index (χ2n) is 8.50. The molecule has 0 bridgehead atoms. The molecule has 146 valence electrons. The van der Waals surface area contributed by atoms with Crippen molar-refractivity contribution in [2.45, 2.75) is 57.8 Å². The van der Waals surface area contributed by atoms with E-state index in [0.29, 0.717) is 48.5 Å². The lowest BCUT2D eigenvalue weighted by Crippen LogP contribution is -2.42. The number of fused-ring (bicyclic) bond motifs is 5. The van der Waals surface area contributed by atoms with Crippen LogP contribution in [0.2, 0.25) is 0 Å². The Labute approximate surface area is 159 Å². The van der Waals surface area contributed by atoms with E-state index in [-0.39, 0.29) is 29.2 Å². The number of aliphatic hydroxyl groups excluding tert-OH is 1. The summed E-state index contributed by atoms with van der Waals surface area (Å²) in [7, 11) is 0. The van der Waals surface area contributed by atoms with Crippen LogP contribution in [0.4, 0.5) is 5.69 Å². The van der Waals surface area contributed by atoms with Gasteiger partial charge in [-0.1, -0.05) is 13.0 Å². The Balaban J connectivity index is 1.68. The molecular formula is C21H27NO5. The van der Waals surface area contributed by atoms with E-state index in [4.69, 9.17) is 9.84 Å². The number of carbonyl (C=O) groups is 1. The molecular weight excluding hydrogens is 346 g/mol. The average Bonchev–Trinajstić information content (AvgIpc) is 2.96. The lowest BCUT2D eigenvalue weighted by Gasteiger charge is -2.48. The molecule has 4 atom stereocenters. The summed E-state index contributed by atoms with van der Waals surface area (Å²) in [6.45, 7) is 2.41. The maximum Gasteiger partial charge on any atom is 0.314 e. The van der Waals surface area contributed by atoms with Crippen LogP contribution in [0.3, 0.4) is 0 Å². The number of nitro benzene ring substituents is 1. The number of hydrogen-bond acceptors (Lipinski definition) is 5. The first-order valence-corrected chi connectivity index (χ1v) is 10.0. The van der Waals surface area contributed by atoms with E-state index in [1.165, 1.54) is 0 Å². The molecule has 0 aromatic heterocycles. The van der Waals surface area contributed by atoms with Gasteiger partial charge in [0, 0.05) is 30.4 Å². The number of nitrogens with zero attached hydrogens (tertiary/aromatic N) is 1. The highest BCUT2D eigenvalue weighted by Gasteiger charge is 2.55. The zero-order valence-electron chi connectivity index (χ0n) is 15.8. The SMILES string of the molecule is C[C@]12CC[C@@H]3c4ccc(OCCCO)c([N+](=O)[O-])c4CC[C@@H]3[C@@H]1CCC2=O. The zero-order chi connectivity index (χ0) is 19.2. The highest BCUT2D eigenvalue weighted by atomic mass is 16.6. The average molecular weight is 373 g/mol. The van der Waals surface area contributed by atoms with E-state index in [9.17, 15) is 14.9 Å². The van der Waals surface area contributed by atoms with Gasteiger partial charge in [-0.15, -0.1) is 0 Å². The van der Waals surface area contributed by atoms with Crippen LogP contribution in [-0.4, -0.2) is 29.0 Å². The van der Waals surface area contributed by atoms with Gasteiger partial charge in [0.15, 0.2) is 5.75 Å². The molecule has 1 N–H and O–H groups in total. The van der Waals surface area contributed by atoms with Crippen molar-refractivity contribution in [3.63, 3.8) is 0 Å².